The second-order valence-corrected chi connectivity index (χ2v) is 7.10. The molecule has 1 N–H and O–H groups in total. The van der Waals surface area contributed by atoms with Crippen molar-refractivity contribution in [1.29, 1.82) is 0 Å². The number of benzene rings is 1. The lowest BCUT2D eigenvalue weighted by Gasteiger charge is -2.24. The number of ether oxygens (including phenoxy) is 5. The Kier molecular flexibility index (Phi) is 12.2. The standard InChI is InChI=1S/C22H38N2O5/c1-4-28-20-7-5-19(6-8-20)22(23-2)18-24-10-9-21(17-24)29-16-15-27-14-13-26-12-11-25-3/h5-8,21-23H,4,9-18H2,1-3H3/t21-,22+/m0/s1. The Labute approximate surface area is 175 Å². The Balaban J connectivity index is 1.59. The van der Waals surface area contributed by atoms with E-state index in [1.165, 1.54) is 5.56 Å². The van der Waals surface area contributed by atoms with Crippen LogP contribution in [0.3, 0.4) is 0 Å². The van der Waals surface area contributed by atoms with E-state index in [-0.39, 0.29) is 6.10 Å². The lowest BCUT2D eigenvalue weighted by molar-refractivity contribution is -0.0137. The van der Waals surface area contributed by atoms with Crippen molar-refractivity contribution in [2.24, 2.45) is 0 Å². The van der Waals surface area contributed by atoms with Gasteiger partial charge >= 0.3 is 0 Å². The van der Waals surface area contributed by atoms with E-state index in [0.29, 0.717) is 52.3 Å². The molecule has 1 fully saturated rings. The minimum atomic E-state index is 0.286. The van der Waals surface area contributed by atoms with Crippen LogP contribution in [0.2, 0.25) is 0 Å². The first-order valence-electron chi connectivity index (χ1n) is 10.6. The van der Waals surface area contributed by atoms with Crippen LogP contribution in [0.5, 0.6) is 5.75 Å². The quantitative estimate of drug-likeness (QED) is 0.419. The molecule has 0 spiro atoms. The van der Waals surface area contributed by atoms with E-state index in [2.05, 4.69) is 22.3 Å². The summed E-state index contributed by atoms with van der Waals surface area (Å²) in [7, 11) is 3.68. The van der Waals surface area contributed by atoms with Crippen LogP contribution in [0.1, 0.15) is 24.9 Å². The number of likely N-dealkylation sites (tertiary alicyclic amines) is 1. The third kappa shape index (κ3) is 9.42. The molecule has 2 atom stereocenters. The van der Waals surface area contributed by atoms with Gasteiger partial charge in [0.05, 0.1) is 52.4 Å². The Bertz CT molecular complexity index is 528. The number of rotatable bonds is 16. The Hall–Kier alpha value is -1.22. The van der Waals surface area contributed by atoms with Crippen LogP contribution < -0.4 is 10.1 Å². The molecule has 0 unspecified atom stereocenters. The lowest BCUT2D eigenvalue weighted by Crippen LogP contribution is -2.33. The molecule has 1 heterocycles. The normalized spacial score (nSPS) is 18.2. The maximum Gasteiger partial charge on any atom is 0.119 e. The van der Waals surface area contributed by atoms with Crippen LogP contribution in [0.15, 0.2) is 24.3 Å². The van der Waals surface area contributed by atoms with Gasteiger partial charge in [0.1, 0.15) is 5.75 Å². The van der Waals surface area contributed by atoms with Gasteiger partial charge in [0.15, 0.2) is 0 Å². The summed E-state index contributed by atoms with van der Waals surface area (Å²) in [6, 6.07) is 8.67. The summed E-state index contributed by atoms with van der Waals surface area (Å²) >= 11 is 0. The largest absolute Gasteiger partial charge is 0.494 e. The van der Waals surface area contributed by atoms with Crippen LogP contribution in [-0.4, -0.2) is 91.0 Å². The average Bonchev–Trinajstić information content (AvgIpc) is 3.19. The zero-order valence-electron chi connectivity index (χ0n) is 18.2. The summed E-state index contributed by atoms with van der Waals surface area (Å²) in [4.78, 5) is 2.47. The number of nitrogens with one attached hydrogen (secondary N) is 1. The Morgan fingerprint density at radius 1 is 1.03 bits per heavy atom. The van der Waals surface area contributed by atoms with Gasteiger partial charge in [0, 0.05) is 32.8 Å². The van der Waals surface area contributed by atoms with Crippen LogP contribution in [0.4, 0.5) is 0 Å². The molecule has 0 aromatic heterocycles. The van der Waals surface area contributed by atoms with Gasteiger partial charge in [-0.2, -0.15) is 0 Å². The molecule has 1 aliphatic heterocycles. The average molecular weight is 411 g/mol. The second kappa shape index (κ2) is 14.7. The summed E-state index contributed by atoms with van der Waals surface area (Å²) in [6.07, 6.45) is 1.36. The SMILES string of the molecule is CCOc1ccc([C@@H](CN2CC[C@H](OCCOCCOCCOC)C2)NC)cc1. The summed E-state index contributed by atoms with van der Waals surface area (Å²) < 4.78 is 27.3. The highest BCUT2D eigenvalue weighted by atomic mass is 16.6. The number of nitrogens with zero attached hydrogens (tertiary/aromatic N) is 1. The first kappa shape index (κ1) is 24.1. The first-order chi connectivity index (χ1) is 14.3. The maximum absolute atomic E-state index is 5.98. The fourth-order valence-corrected chi connectivity index (χ4v) is 3.42. The molecule has 1 aliphatic rings. The number of likely N-dealkylation sites (N-methyl/N-ethyl adjacent to an activating group) is 1. The molecule has 2 rings (SSSR count). The van der Waals surface area contributed by atoms with Crippen LogP contribution >= 0.6 is 0 Å². The van der Waals surface area contributed by atoms with Gasteiger partial charge in [0.25, 0.3) is 0 Å². The first-order valence-corrected chi connectivity index (χ1v) is 10.6. The molecule has 1 saturated heterocycles. The van der Waals surface area contributed by atoms with Crippen molar-refractivity contribution in [2.75, 3.05) is 80.0 Å². The van der Waals surface area contributed by atoms with Gasteiger partial charge in [-0.25, -0.2) is 0 Å². The van der Waals surface area contributed by atoms with E-state index in [0.717, 1.165) is 31.8 Å². The summed E-state index contributed by atoms with van der Waals surface area (Å²) in [5, 5.41) is 3.43. The molecule has 0 saturated carbocycles. The van der Waals surface area contributed by atoms with Gasteiger partial charge in [-0.15, -0.1) is 0 Å². The van der Waals surface area contributed by atoms with Gasteiger partial charge in [-0.05, 0) is 38.1 Å². The third-order valence-corrected chi connectivity index (χ3v) is 5.00. The van der Waals surface area contributed by atoms with Crippen molar-refractivity contribution >= 4 is 0 Å². The van der Waals surface area contributed by atoms with Crippen molar-refractivity contribution in [2.45, 2.75) is 25.5 Å². The molecular weight excluding hydrogens is 372 g/mol. The molecule has 29 heavy (non-hydrogen) atoms. The molecule has 0 aliphatic carbocycles. The van der Waals surface area contributed by atoms with Crippen LogP contribution in [-0.2, 0) is 18.9 Å². The smallest absolute Gasteiger partial charge is 0.119 e. The van der Waals surface area contributed by atoms with Gasteiger partial charge < -0.3 is 29.0 Å². The Morgan fingerprint density at radius 2 is 1.72 bits per heavy atom. The topological polar surface area (TPSA) is 61.4 Å². The summed E-state index contributed by atoms with van der Waals surface area (Å²) in [5.74, 6) is 0.921. The van der Waals surface area contributed by atoms with Crippen molar-refractivity contribution < 1.29 is 23.7 Å². The predicted octanol–water partition coefficient (Wildman–Crippen LogP) is 2.12. The van der Waals surface area contributed by atoms with E-state index in [9.17, 15) is 0 Å². The van der Waals surface area contributed by atoms with Crippen molar-refractivity contribution in [1.82, 2.24) is 10.2 Å². The number of hydrogen-bond donors (Lipinski definition) is 1. The summed E-state index contributed by atoms with van der Waals surface area (Å²) in [6.45, 7) is 9.35. The highest BCUT2D eigenvalue weighted by Gasteiger charge is 2.25. The second-order valence-electron chi connectivity index (χ2n) is 7.10. The molecule has 7 heteroatoms. The molecule has 7 nitrogen and oxygen atoms in total. The molecule has 0 amide bonds. The monoisotopic (exact) mass is 410 g/mol. The van der Waals surface area contributed by atoms with Crippen molar-refractivity contribution in [3.05, 3.63) is 29.8 Å². The van der Waals surface area contributed by atoms with E-state index < -0.39 is 0 Å². The zero-order chi connectivity index (χ0) is 20.7. The van der Waals surface area contributed by atoms with Crippen molar-refractivity contribution in [3.63, 3.8) is 0 Å². The number of hydrogen-bond acceptors (Lipinski definition) is 7. The molecule has 166 valence electrons. The Morgan fingerprint density at radius 3 is 2.38 bits per heavy atom. The van der Waals surface area contributed by atoms with E-state index in [1.807, 2.05) is 26.1 Å². The van der Waals surface area contributed by atoms with Crippen LogP contribution in [0.25, 0.3) is 0 Å². The highest BCUT2D eigenvalue weighted by molar-refractivity contribution is 5.29. The van der Waals surface area contributed by atoms with Gasteiger partial charge in [0.2, 0.25) is 0 Å². The van der Waals surface area contributed by atoms with E-state index >= 15 is 0 Å². The van der Waals surface area contributed by atoms with E-state index in [1.54, 1.807) is 7.11 Å². The van der Waals surface area contributed by atoms with Gasteiger partial charge in [-0.3, -0.25) is 4.90 Å². The lowest BCUT2D eigenvalue weighted by atomic mass is 10.1. The van der Waals surface area contributed by atoms with Crippen LogP contribution in [0, 0.1) is 0 Å². The minimum absolute atomic E-state index is 0.286. The van der Waals surface area contributed by atoms with Crippen molar-refractivity contribution in [3.8, 4) is 5.75 Å². The minimum Gasteiger partial charge on any atom is -0.494 e. The number of methoxy groups -OCH3 is 1. The highest BCUT2D eigenvalue weighted by Crippen LogP contribution is 2.21. The molecular formula is C22H38N2O5. The third-order valence-electron chi connectivity index (χ3n) is 5.00. The fraction of sp³-hybridized carbons (Fsp3) is 0.727. The predicted molar refractivity (Wildman–Crippen MR) is 114 cm³/mol. The van der Waals surface area contributed by atoms with E-state index in [4.69, 9.17) is 23.7 Å². The molecule has 1 aromatic carbocycles. The molecule has 0 bridgehead atoms. The maximum atomic E-state index is 5.98. The molecule has 1 aromatic rings. The molecule has 0 radical (unpaired) electrons. The summed E-state index contributed by atoms with van der Waals surface area (Å²) in [5.41, 5.74) is 1.28. The van der Waals surface area contributed by atoms with Gasteiger partial charge in [-0.1, -0.05) is 12.1 Å². The fourth-order valence-electron chi connectivity index (χ4n) is 3.42. The zero-order valence-corrected chi connectivity index (χ0v) is 18.2.